The van der Waals surface area contributed by atoms with Gasteiger partial charge in [-0.1, -0.05) is 23.7 Å². The van der Waals surface area contributed by atoms with Crippen LogP contribution in [0.15, 0.2) is 18.2 Å². The number of carbonyl (C=O) groups excluding carboxylic acids is 1. The average Bonchev–Trinajstić information content (AvgIpc) is 2.37. The van der Waals surface area contributed by atoms with E-state index in [1.54, 1.807) is 19.9 Å². The van der Waals surface area contributed by atoms with Crippen LogP contribution < -0.4 is 11.2 Å². The number of amides is 1. The maximum Gasteiger partial charge on any atom is 0.489 e. The van der Waals surface area contributed by atoms with Crippen molar-refractivity contribution >= 4 is 30.1 Å². The third kappa shape index (κ3) is 3.05. The molecule has 0 bridgehead atoms. The number of aryl methyl sites for hydroxylation is 2. The number of benzene rings is 1. The Hall–Kier alpha value is -1.96. The normalized spacial score (nSPS) is 10.5. The summed E-state index contributed by atoms with van der Waals surface area (Å²) < 4.78 is 0. The summed E-state index contributed by atoms with van der Waals surface area (Å²) in [4.78, 5) is 19.8. The molecule has 0 aliphatic carbocycles. The molecular weight excluding hydrogens is 292 g/mol. The molecule has 8 heteroatoms. The minimum atomic E-state index is -1.65. The Morgan fingerprint density at radius 1 is 1.24 bits per heavy atom. The monoisotopic (exact) mass is 305 g/mol. The molecule has 0 atom stereocenters. The maximum absolute atomic E-state index is 11.4. The van der Waals surface area contributed by atoms with Crippen LogP contribution in [-0.4, -0.2) is 33.0 Å². The lowest BCUT2D eigenvalue weighted by atomic mass is 9.80. The second kappa shape index (κ2) is 5.81. The molecule has 2 aromatic rings. The first-order valence-electron chi connectivity index (χ1n) is 6.12. The van der Waals surface area contributed by atoms with Crippen LogP contribution in [-0.2, 0) is 0 Å². The molecule has 0 aliphatic rings. The summed E-state index contributed by atoms with van der Waals surface area (Å²) in [5.41, 5.74) is 7.70. The van der Waals surface area contributed by atoms with Crippen molar-refractivity contribution in [2.45, 2.75) is 13.8 Å². The highest BCUT2D eigenvalue weighted by atomic mass is 35.5. The summed E-state index contributed by atoms with van der Waals surface area (Å²) >= 11 is 6.00. The number of primary amides is 1. The van der Waals surface area contributed by atoms with E-state index in [1.165, 1.54) is 12.1 Å². The first-order chi connectivity index (χ1) is 9.81. The van der Waals surface area contributed by atoms with Gasteiger partial charge in [-0.05, 0) is 19.9 Å². The van der Waals surface area contributed by atoms with E-state index < -0.39 is 13.0 Å². The quantitative estimate of drug-likeness (QED) is 0.701. The molecule has 1 heterocycles. The zero-order valence-corrected chi connectivity index (χ0v) is 12.2. The van der Waals surface area contributed by atoms with Crippen molar-refractivity contribution in [3.8, 4) is 11.3 Å². The van der Waals surface area contributed by atoms with Gasteiger partial charge in [0.05, 0.1) is 17.1 Å². The van der Waals surface area contributed by atoms with Gasteiger partial charge in [-0.2, -0.15) is 0 Å². The number of aromatic nitrogens is 2. The molecule has 0 fully saturated rings. The Balaban J connectivity index is 2.59. The Kier molecular flexibility index (Phi) is 4.27. The molecule has 21 heavy (non-hydrogen) atoms. The fraction of sp³-hybridized carbons (Fsp3) is 0.154. The van der Waals surface area contributed by atoms with Gasteiger partial charge in [0.1, 0.15) is 5.69 Å². The van der Waals surface area contributed by atoms with Gasteiger partial charge in [0, 0.05) is 16.0 Å². The van der Waals surface area contributed by atoms with Crippen molar-refractivity contribution in [2.75, 3.05) is 0 Å². The number of hydrogen-bond donors (Lipinski definition) is 3. The summed E-state index contributed by atoms with van der Waals surface area (Å²) in [7, 11) is -1.65. The summed E-state index contributed by atoms with van der Waals surface area (Å²) in [5.74, 6) is -0.658. The topological polar surface area (TPSA) is 109 Å². The number of rotatable bonds is 3. The van der Waals surface area contributed by atoms with E-state index in [4.69, 9.17) is 27.4 Å². The second-order valence-corrected chi connectivity index (χ2v) is 4.97. The summed E-state index contributed by atoms with van der Waals surface area (Å²) in [6, 6.07) is 4.64. The van der Waals surface area contributed by atoms with Crippen LogP contribution in [0.5, 0.6) is 0 Å². The lowest BCUT2D eigenvalue weighted by molar-refractivity contribution is 0.0994. The van der Waals surface area contributed by atoms with Crippen molar-refractivity contribution in [1.82, 2.24) is 9.97 Å². The third-order valence-electron chi connectivity index (χ3n) is 3.03. The van der Waals surface area contributed by atoms with E-state index >= 15 is 0 Å². The van der Waals surface area contributed by atoms with Gasteiger partial charge < -0.3 is 15.8 Å². The van der Waals surface area contributed by atoms with E-state index in [9.17, 15) is 4.79 Å². The lowest BCUT2D eigenvalue weighted by Gasteiger charge is -2.10. The Labute approximate surface area is 126 Å². The zero-order chi connectivity index (χ0) is 15.7. The molecule has 1 aromatic carbocycles. The van der Waals surface area contributed by atoms with Crippen molar-refractivity contribution in [2.24, 2.45) is 5.73 Å². The smallest absolute Gasteiger partial charge is 0.423 e. The summed E-state index contributed by atoms with van der Waals surface area (Å²) in [6.45, 7) is 3.41. The van der Waals surface area contributed by atoms with Crippen LogP contribution in [0.3, 0.4) is 0 Å². The molecule has 0 radical (unpaired) electrons. The SMILES string of the molecule is Cc1nc(C)c(-c2ccc(B(O)O)c(Cl)c2)nc1C(N)=O. The highest BCUT2D eigenvalue weighted by Crippen LogP contribution is 2.23. The van der Waals surface area contributed by atoms with E-state index in [1.807, 2.05) is 0 Å². The van der Waals surface area contributed by atoms with Gasteiger partial charge in [-0.15, -0.1) is 0 Å². The van der Waals surface area contributed by atoms with Crippen LogP contribution in [0.25, 0.3) is 11.3 Å². The Bertz CT molecular complexity index is 722. The first kappa shape index (κ1) is 15.4. The fourth-order valence-electron chi connectivity index (χ4n) is 2.02. The molecule has 4 N–H and O–H groups in total. The first-order valence-corrected chi connectivity index (χ1v) is 6.50. The predicted molar refractivity (Wildman–Crippen MR) is 80.3 cm³/mol. The fourth-order valence-corrected chi connectivity index (χ4v) is 2.30. The van der Waals surface area contributed by atoms with Crippen molar-refractivity contribution in [3.05, 3.63) is 40.3 Å². The van der Waals surface area contributed by atoms with Crippen molar-refractivity contribution in [3.63, 3.8) is 0 Å². The second-order valence-electron chi connectivity index (χ2n) is 4.57. The van der Waals surface area contributed by atoms with Crippen molar-refractivity contribution < 1.29 is 14.8 Å². The molecule has 108 valence electrons. The molecule has 6 nitrogen and oxygen atoms in total. The van der Waals surface area contributed by atoms with Crippen LogP contribution in [0, 0.1) is 13.8 Å². The Morgan fingerprint density at radius 2 is 1.90 bits per heavy atom. The summed E-state index contributed by atoms with van der Waals surface area (Å²) in [6.07, 6.45) is 0. The average molecular weight is 306 g/mol. The van der Waals surface area contributed by atoms with Gasteiger partial charge in [0.15, 0.2) is 0 Å². The molecule has 0 unspecified atom stereocenters. The molecule has 1 aromatic heterocycles. The van der Waals surface area contributed by atoms with E-state index in [-0.39, 0.29) is 16.2 Å². The van der Waals surface area contributed by atoms with Gasteiger partial charge in [0.25, 0.3) is 5.91 Å². The Morgan fingerprint density at radius 3 is 2.43 bits per heavy atom. The zero-order valence-electron chi connectivity index (χ0n) is 11.5. The number of nitrogens with zero attached hydrogens (tertiary/aromatic N) is 2. The van der Waals surface area contributed by atoms with Crippen LogP contribution >= 0.6 is 11.6 Å². The van der Waals surface area contributed by atoms with Gasteiger partial charge in [-0.25, -0.2) is 4.98 Å². The standard InChI is InChI=1S/C13H13BClN3O3/c1-6-11(18-12(13(16)19)7(2)17-6)8-3-4-9(14(20)21)10(15)5-8/h3-5,20-21H,1-2H3,(H2,16,19). The molecule has 1 amide bonds. The highest BCUT2D eigenvalue weighted by Gasteiger charge is 2.18. The molecular formula is C13H13BClN3O3. The number of hydrogen-bond acceptors (Lipinski definition) is 5. The van der Waals surface area contributed by atoms with Gasteiger partial charge in [-0.3, -0.25) is 9.78 Å². The minimum absolute atomic E-state index is 0.0954. The highest BCUT2D eigenvalue weighted by molar-refractivity contribution is 6.62. The minimum Gasteiger partial charge on any atom is -0.423 e. The van der Waals surface area contributed by atoms with E-state index in [0.717, 1.165) is 0 Å². The van der Waals surface area contributed by atoms with Crippen LogP contribution in [0.2, 0.25) is 5.02 Å². The largest absolute Gasteiger partial charge is 0.489 e. The van der Waals surface area contributed by atoms with Gasteiger partial charge in [0.2, 0.25) is 0 Å². The predicted octanol–water partition coefficient (Wildman–Crippen LogP) is 0.193. The molecule has 0 spiro atoms. The van der Waals surface area contributed by atoms with E-state index in [2.05, 4.69) is 9.97 Å². The number of nitrogens with two attached hydrogens (primary N) is 1. The van der Waals surface area contributed by atoms with Gasteiger partial charge >= 0.3 is 7.12 Å². The molecule has 0 aliphatic heterocycles. The van der Waals surface area contributed by atoms with Crippen LogP contribution in [0.1, 0.15) is 21.9 Å². The molecule has 0 saturated heterocycles. The molecule has 2 rings (SSSR count). The van der Waals surface area contributed by atoms with Crippen molar-refractivity contribution in [1.29, 1.82) is 0 Å². The number of carbonyl (C=O) groups is 1. The molecule has 0 saturated carbocycles. The van der Waals surface area contributed by atoms with Crippen LogP contribution in [0.4, 0.5) is 0 Å². The summed E-state index contributed by atoms with van der Waals surface area (Å²) in [5, 5.41) is 18.5. The number of halogens is 1. The maximum atomic E-state index is 11.4. The van der Waals surface area contributed by atoms with E-state index in [0.29, 0.717) is 22.6 Å². The third-order valence-corrected chi connectivity index (χ3v) is 3.36. The lowest BCUT2D eigenvalue weighted by Crippen LogP contribution is -2.30.